The highest BCUT2D eigenvalue weighted by Crippen LogP contribution is 2.22. The smallest absolute Gasteiger partial charge is 0.326 e. The van der Waals surface area contributed by atoms with Crippen molar-refractivity contribution < 1.29 is 21.6 Å². The normalized spacial score (nSPS) is 12.9. The van der Waals surface area contributed by atoms with Gasteiger partial charge in [-0.2, -0.15) is 17.5 Å². The Morgan fingerprint density at radius 1 is 1.21 bits per heavy atom. The van der Waals surface area contributed by atoms with E-state index in [1.807, 2.05) is 0 Å². The van der Waals surface area contributed by atoms with Crippen LogP contribution in [0.4, 0.5) is 13.2 Å². The number of hydrogen-bond acceptors (Lipinski definition) is 3. The first-order valence-electron chi connectivity index (χ1n) is 5.56. The van der Waals surface area contributed by atoms with Gasteiger partial charge in [0.25, 0.3) is 0 Å². The maximum atomic E-state index is 12.3. The van der Waals surface area contributed by atoms with Crippen molar-refractivity contribution in [2.45, 2.75) is 24.5 Å². The Morgan fingerprint density at radius 2 is 1.74 bits per heavy atom. The van der Waals surface area contributed by atoms with E-state index >= 15 is 0 Å². The lowest BCUT2D eigenvalue weighted by atomic mass is 10.2. The van der Waals surface area contributed by atoms with Gasteiger partial charge in [0, 0.05) is 13.1 Å². The topological polar surface area (TPSA) is 63.4 Å². The molecule has 1 aromatic carbocycles. The number of hydrogen-bond donors (Lipinski definition) is 1. The summed E-state index contributed by atoms with van der Waals surface area (Å²) in [6, 6.07) is 5.48. The quantitative estimate of drug-likeness (QED) is 0.900. The predicted octanol–water partition coefficient (Wildman–Crippen LogP) is 1.72. The molecule has 2 N–H and O–H groups in total. The molecule has 19 heavy (non-hydrogen) atoms. The molecule has 0 atom stereocenters. The minimum atomic E-state index is -4.57. The summed E-state index contributed by atoms with van der Waals surface area (Å²) >= 11 is 0. The zero-order valence-electron chi connectivity index (χ0n) is 10.3. The van der Waals surface area contributed by atoms with Crippen molar-refractivity contribution in [3.63, 3.8) is 0 Å². The summed E-state index contributed by atoms with van der Waals surface area (Å²) in [6.07, 6.45) is -4.57. The minimum Gasteiger partial charge on any atom is -0.326 e. The van der Waals surface area contributed by atoms with Crippen LogP contribution in [-0.2, 0) is 16.6 Å². The molecule has 1 rings (SSSR count). The standard InChI is InChI=1S/C11H15F3N2O2S/c1-2-16(8-11(12,13)14)19(17,18)10-5-3-9(7-15)4-6-10/h3-6H,2,7-8,15H2,1H3. The predicted molar refractivity (Wildman–Crippen MR) is 64.8 cm³/mol. The molecule has 0 radical (unpaired) electrons. The Hall–Kier alpha value is -1.12. The third-order valence-electron chi connectivity index (χ3n) is 2.51. The number of halogens is 3. The highest BCUT2D eigenvalue weighted by Gasteiger charge is 2.36. The fourth-order valence-corrected chi connectivity index (χ4v) is 2.95. The lowest BCUT2D eigenvalue weighted by Gasteiger charge is -2.21. The largest absolute Gasteiger partial charge is 0.402 e. The SMILES string of the molecule is CCN(CC(F)(F)F)S(=O)(=O)c1ccc(CN)cc1. The van der Waals surface area contributed by atoms with Gasteiger partial charge < -0.3 is 5.73 Å². The van der Waals surface area contributed by atoms with Crippen LogP contribution >= 0.6 is 0 Å². The molecular weight excluding hydrogens is 281 g/mol. The fourth-order valence-electron chi connectivity index (χ4n) is 1.51. The summed E-state index contributed by atoms with van der Waals surface area (Å²) in [5.74, 6) is 0. The van der Waals surface area contributed by atoms with Crippen LogP contribution in [0.2, 0.25) is 0 Å². The minimum absolute atomic E-state index is 0.171. The number of alkyl halides is 3. The third kappa shape index (κ3) is 4.19. The molecule has 0 heterocycles. The van der Waals surface area contributed by atoms with E-state index in [9.17, 15) is 21.6 Å². The zero-order chi connectivity index (χ0) is 14.7. The van der Waals surface area contributed by atoms with E-state index < -0.39 is 22.7 Å². The molecule has 4 nitrogen and oxygen atoms in total. The van der Waals surface area contributed by atoms with E-state index in [0.29, 0.717) is 9.87 Å². The van der Waals surface area contributed by atoms with Gasteiger partial charge >= 0.3 is 6.18 Å². The molecule has 0 bridgehead atoms. The van der Waals surface area contributed by atoms with Crippen LogP contribution in [-0.4, -0.2) is 32.0 Å². The summed E-state index contributed by atoms with van der Waals surface area (Å²) in [6.45, 7) is -0.150. The second-order valence-corrected chi connectivity index (χ2v) is 5.83. The molecule has 0 aliphatic carbocycles. The number of nitrogens with zero attached hydrogens (tertiary/aromatic N) is 1. The van der Waals surface area contributed by atoms with Crippen molar-refractivity contribution in [3.8, 4) is 0 Å². The van der Waals surface area contributed by atoms with Crippen LogP contribution in [0.3, 0.4) is 0 Å². The van der Waals surface area contributed by atoms with Gasteiger partial charge in [-0.15, -0.1) is 0 Å². The van der Waals surface area contributed by atoms with Crippen LogP contribution in [0.15, 0.2) is 29.2 Å². The lowest BCUT2D eigenvalue weighted by molar-refractivity contribution is -0.135. The second kappa shape index (κ2) is 5.89. The average Bonchev–Trinajstić information content (AvgIpc) is 2.34. The van der Waals surface area contributed by atoms with Crippen molar-refractivity contribution >= 4 is 10.0 Å². The number of nitrogens with two attached hydrogens (primary N) is 1. The number of rotatable bonds is 5. The van der Waals surface area contributed by atoms with E-state index in [-0.39, 0.29) is 18.0 Å². The molecular formula is C11H15F3N2O2S. The zero-order valence-corrected chi connectivity index (χ0v) is 11.1. The molecule has 0 saturated heterocycles. The fraction of sp³-hybridized carbons (Fsp3) is 0.455. The van der Waals surface area contributed by atoms with Crippen LogP contribution < -0.4 is 5.73 Å². The first kappa shape index (κ1) is 15.9. The van der Waals surface area contributed by atoms with E-state index in [4.69, 9.17) is 5.73 Å². The van der Waals surface area contributed by atoms with Gasteiger partial charge in [-0.3, -0.25) is 0 Å². The molecule has 0 amide bonds. The molecule has 1 aromatic rings. The summed E-state index contributed by atoms with van der Waals surface area (Å²) in [5, 5.41) is 0. The Balaban J connectivity index is 3.06. The van der Waals surface area contributed by atoms with Gasteiger partial charge in [-0.25, -0.2) is 8.42 Å². The van der Waals surface area contributed by atoms with E-state index in [2.05, 4.69) is 0 Å². The Labute approximate surface area is 110 Å². The summed E-state index contributed by atoms with van der Waals surface area (Å²) in [4.78, 5) is -0.171. The Morgan fingerprint density at radius 3 is 2.11 bits per heavy atom. The van der Waals surface area contributed by atoms with Crippen LogP contribution in [0, 0.1) is 0 Å². The lowest BCUT2D eigenvalue weighted by Crippen LogP contribution is -2.38. The Bertz CT molecular complexity index is 512. The monoisotopic (exact) mass is 296 g/mol. The molecule has 0 saturated carbocycles. The van der Waals surface area contributed by atoms with E-state index in [0.717, 1.165) is 0 Å². The van der Waals surface area contributed by atoms with Crippen molar-refractivity contribution in [2.24, 2.45) is 5.73 Å². The molecule has 0 spiro atoms. The van der Waals surface area contributed by atoms with Gasteiger partial charge in [0.2, 0.25) is 10.0 Å². The summed E-state index contributed by atoms with van der Waals surface area (Å²) in [7, 11) is -4.14. The summed E-state index contributed by atoms with van der Waals surface area (Å²) < 4.78 is 61.5. The van der Waals surface area contributed by atoms with Crippen LogP contribution in [0.1, 0.15) is 12.5 Å². The van der Waals surface area contributed by atoms with Crippen molar-refractivity contribution in [1.29, 1.82) is 0 Å². The molecule has 0 aromatic heterocycles. The first-order chi connectivity index (χ1) is 8.70. The molecule has 0 aliphatic rings. The Kier molecular flexibility index (Phi) is 4.94. The molecule has 0 aliphatic heterocycles. The van der Waals surface area contributed by atoms with E-state index in [1.54, 1.807) is 0 Å². The van der Waals surface area contributed by atoms with Crippen molar-refractivity contribution in [3.05, 3.63) is 29.8 Å². The number of sulfonamides is 1. The maximum absolute atomic E-state index is 12.3. The molecule has 108 valence electrons. The second-order valence-electron chi connectivity index (χ2n) is 3.89. The third-order valence-corrected chi connectivity index (χ3v) is 4.44. The summed E-state index contributed by atoms with van der Waals surface area (Å²) in [5.41, 5.74) is 6.08. The molecule has 0 fully saturated rings. The van der Waals surface area contributed by atoms with Gasteiger partial charge in [0.1, 0.15) is 6.54 Å². The number of benzene rings is 1. The highest BCUT2D eigenvalue weighted by molar-refractivity contribution is 7.89. The highest BCUT2D eigenvalue weighted by atomic mass is 32.2. The van der Waals surface area contributed by atoms with Crippen LogP contribution in [0.25, 0.3) is 0 Å². The first-order valence-corrected chi connectivity index (χ1v) is 7.00. The van der Waals surface area contributed by atoms with Gasteiger partial charge in [0.15, 0.2) is 0 Å². The van der Waals surface area contributed by atoms with Gasteiger partial charge in [-0.1, -0.05) is 19.1 Å². The van der Waals surface area contributed by atoms with Crippen molar-refractivity contribution in [2.75, 3.05) is 13.1 Å². The van der Waals surface area contributed by atoms with E-state index in [1.165, 1.54) is 31.2 Å². The van der Waals surface area contributed by atoms with Gasteiger partial charge in [-0.05, 0) is 17.7 Å². The van der Waals surface area contributed by atoms with Crippen molar-refractivity contribution in [1.82, 2.24) is 4.31 Å². The van der Waals surface area contributed by atoms with Crippen LogP contribution in [0.5, 0.6) is 0 Å². The molecule has 8 heteroatoms. The average molecular weight is 296 g/mol. The van der Waals surface area contributed by atoms with Gasteiger partial charge in [0.05, 0.1) is 4.90 Å². The molecule has 0 unspecified atom stereocenters. The maximum Gasteiger partial charge on any atom is 0.402 e.